The monoisotopic (exact) mass is 264 g/mol. The molecule has 96 valence electrons. The van der Waals surface area contributed by atoms with E-state index in [1.807, 2.05) is 4.72 Å². The minimum absolute atomic E-state index is 0.0129. The number of halogens is 2. The van der Waals surface area contributed by atoms with Crippen molar-refractivity contribution in [2.75, 3.05) is 6.54 Å². The molecule has 0 unspecified atom stereocenters. The summed E-state index contributed by atoms with van der Waals surface area (Å²) < 4.78 is 49.3. The van der Waals surface area contributed by atoms with Crippen molar-refractivity contribution in [2.24, 2.45) is 5.73 Å². The molecule has 0 aliphatic rings. The lowest BCUT2D eigenvalue weighted by molar-refractivity contribution is 0.153. The number of alkyl halides is 2. The van der Waals surface area contributed by atoms with Crippen LogP contribution in [-0.4, -0.2) is 21.4 Å². The number of rotatable bonds is 5. The third kappa shape index (κ3) is 3.45. The third-order valence-corrected chi connectivity index (χ3v) is 3.90. The van der Waals surface area contributed by atoms with Crippen LogP contribution in [0.3, 0.4) is 0 Å². The molecular weight excluding hydrogens is 250 g/mol. The third-order valence-electron chi connectivity index (χ3n) is 2.33. The predicted molar refractivity (Wildman–Crippen MR) is 60.3 cm³/mol. The van der Waals surface area contributed by atoms with Crippen molar-refractivity contribution in [3.05, 3.63) is 29.3 Å². The van der Waals surface area contributed by atoms with Gasteiger partial charge < -0.3 is 5.73 Å². The summed E-state index contributed by atoms with van der Waals surface area (Å²) in [4.78, 5) is -0.0129. The molecule has 0 aromatic heterocycles. The second kappa shape index (κ2) is 5.52. The topological polar surface area (TPSA) is 72.2 Å². The molecule has 0 atom stereocenters. The molecule has 0 aliphatic heterocycles. The summed E-state index contributed by atoms with van der Waals surface area (Å²) in [5, 5.41) is 0. The Labute approximate surface area is 98.9 Å². The zero-order valence-electron chi connectivity index (χ0n) is 9.28. The fraction of sp³-hybridized carbons (Fsp3) is 0.400. The van der Waals surface area contributed by atoms with Crippen LogP contribution >= 0.6 is 0 Å². The first-order valence-corrected chi connectivity index (χ1v) is 6.43. The van der Waals surface area contributed by atoms with E-state index < -0.39 is 23.0 Å². The molecule has 17 heavy (non-hydrogen) atoms. The molecule has 0 saturated heterocycles. The van der Waals surface area contributed by atoms with Gasteiger partial charge in [0.25, 0.3) is 6.43 Å². The van der Waals surface area contributed by atoms with Crippen LogP contribution in [-0.2, 0) is 16.6 Å². The Bertz CT molecular complexity index is 489. The lowest BCUT2D eigenvalue weighted by Crippen LogP contribution is -2.29. The first kappa shape index (κ1) is 14.0. The largest absolute Gasteiger partial charge is 0.326 e. The van der Waals surface area contributed by atoms with Crippen LogP contribution in [0, 0.1) is 6.92 Å². The molecule has 0 spiro atoms. The van der Waals surface area contributed by atoms with Crippen molar-refractivity contribution in [2.45, 2.75) is 24.8 Å². The molecule has 1 rings (SSSR count). The van der Waals surface area contributed by atoms with Gasteiger partial charge in [0, 0.05) is 6.54 Å². The molecule has 1 aromatic carbocycles. The Morgan fingerprint density at radius 3 is 2.59 bits per heavy atom. The van der Waals surface area contributed by atoms with Gasteiger partial charge in [-0.1, -0.05) is 12.1 Å². The molecule has 1 aromatic rings. The molecule has 0 saturated carbocycles. The molecule has 7 heteroatoms. The molecule has 0 bridgehead atoms. The maximum atomic E-state index is 12.0. The van der Waals surface area contributed by atoms with E-state index in [1.54, 1.807) is 13.0 Å². The first-order valence-electron chi connectivity index (χ1n) is 4.95. The summed E-state index contributed by atoms with van der Waals surface area (Å²) in [7, 11) is -3.90. The van der Waals surface area contributed by atoms with Gasteiger partial charge in [0.15, 0.2) is 0 Å². The number of benzene rings is 1. The summed E-state index contributed by atoms with van der Waals surface area (Å²) in [6.45, 7) is 0.901. The highest BCUT2D eigenvalue weighted by atomic mass is 32.2. The Morgan fingerprint density at radius 2 is 2.06 bits per heavy atom. The van der Waals surface area contributed by atoms with Crippen molar-refractivity contribution < 1.29 is 17.2 Å². The maximum absolute atomic E-state index is 12.0. The minimum Gasteiger partial charge on any atom is -0.326 e. The molecule has 0 radical (unpaired) electrons. The summed E-state index contributed by atoms with van der Waals surface area (Å²) in [5.41, 5.74) is 6.60. The number of nitrogens with one attached hydrogen (secondary N) is 1. The predicted octanol–water partition coefficient (Wildman–Crippen LogP) is 0.997. The van der Waals surface area contributed by atoms with E-state index in [0.717, 1.165) is 0 Å². The fourth-order valence-electron chi connectivity index (χ4n) is 1.42. The van der Waals surface area contributed by atoms with Crippen molar-refractivity contribution >= 4 is 10.0 Å². The van der Waals surface area contributed by atoms with Crippen LogP contribution in [0.15, 0.2) is 23.1 Å². The van der Waals surface area contributed by atoms with Crippen molar-refractivity contribution in [1.82, 2.24) is 4.72 Å². The highest BCUT2D eigenvalue weighted by molar-refractivity contribution is 7.89. The van der Waals surface area contributed by atoms with Gasteiger partial charge in [-0.25, -0.2) is 21.9 Å². The maximum Gasteiger partial charge on any atom is 0.251 e. The van der Waals surface area contributed by atoms with E-state index >= 15 is 0 Å². The average Bonchev–Trinajstić information content (AvgIpc) is 2.26. The normalized spacial score (nSPS) is 12.1. The van der Waals surface area contributed by atoms with Crippen LogP contribution in [0.25, 0.3) is 0 Å². The fourth-order valence-corrected chi connectivity index (χ4v) is 2.72. The van der Waals surface area contributed by atoms with E-state index in [1.165, 1.54) is 12.1 Å². The molecule has 3 N–H and O–H groups in total. The standard InChI is InChI=1S/C10H14F2N2O2S/c1-7-8(5-13)3-2-4-9(7)17(15,16)14-6-10(11)12/h2-4,10,14H,5-6,13H2,1H3. The molecule has 0 heterocycles. The summed E-state index contributed by atoms with van der Waals surface area (Å²) in [6, 6.07) is 4.59. The Morgan fingerprint density at radius 1 is 1.41 bits per heavy atom. The summed E-state index contributed by atoms with van der Waals surface area (Å²) in [6.07, 6.45) is -2.72. The Hall–Kier alpha value is -1.05. The number of sulfonamides is 1. The van der Waals surface area contributed by atoms with E-state index in [0.29, 0.717) is 11.1 Å². The van der Waals surface area contributed by atoms with Crippen LogP contribution in [0.1, 0.15) is 11.1 Å². The quantitative estimate of drug-likeness (QED) is 0.833. The first-order chi connectivity index (χ1) is 7.88. The van der Waals surface area contributed by atoms with E-state index in [4.69, 9.17) is 5.73 Å². The van der Waals surface area contributed by atoms with Crippen molar-refractivity contribution in [1.29, 1.82) is 0 Å². The average molecular weight is 264 g/mol. The molecule has 0 fully saturated rings. The summed E-state index contributed by atoms with van der Waals surface area (Å²) >= 11 is 0. The molecule has 0 amide bonds. The second-order valence-electron chi connectivity index (χ2n) is 3.49. The highest BCUT2D eigenvalue weighted by Gasteiger charge is 2.19. The van der Waals surface area contributed by atoms with Crippen LogP contribution in [0.2, 0.25) is 0 Å². The van der Waals surface area contributed by atoms with Crippen molar-refractivity contribution in [3.8, 4) is 0 Å². The van der Waals surface area contributed by atoms with Gasteiger partial charge in [-0.3, -0.25) is 0 Å². The highest BCUT2D eigenvalue weighted by Crippen LogP contribution is 2.18. The van der Waals surface area contributed by atoms with Gasteiger partial charge in [-0.05, 0) is 24.1 Å². The van der Waals surface area contributed by atoms with Crippen molar-refractivity contribution in [3.63, 3.8) is 0 Å². The number of hydrogen-bond acceptors (Lipinski definition) is 3. The van der Waals surface area contributed by atoms with Crippen LogP contribution in [0.4, 0.5) is 8.78 Å². The van der Waals surface area contributed by atoms with E-state index in [9.17, 15) is 17.2 Å². The van der Waals surface area contributed by atoms with Gasteiger partial charge in [0.1, 0.15) is 0 Å². The van der Waals surface area contributed by atoms with Gasteiger partial charge in [-0.2, -0.15) is 0 Å². The Kier molecular flexibility index (Phi) is 4.55. The van der Waals surface area contributed by atoms with E-state index in [-0.39, 0.29) is 11.4 Å². The lowest BCUT2D eigenvalue weighted by atomic mass is 10.1. The van der Waals surface area contributed by atoms with E-state index in [2.05, 4.69) is 0 Å². The van der Waals surface area contributed by atoms with Gasteiger partial charge in [0.2, 0.25) is 10.0 Å². The van der Waals surface area contributed by atoms with Gasteiger partial charge in [0.05, 0.1) is 11.4 Å². The zero-order valence-corrected chi connectivity index (χ0v) is 10.1. The van der Waals surface area contributed by atoms with Gasteiger partial charge >= 0.3 is 0 Å². The molecule has 4 nitrogen and oxygen atoms in total. The number of nitrogens with two attached hydrogens (primary N) is 1. The lowest BCUT2D eigenvalue weighted by Gasteiger charge is -2.11. The summed E-state index contributed by atoms with van der Waals surface area (Å²) in [5.74, 6) is 0. The SMILES string of the molecule is Cc1c(CN)cccc1S(=O)(=O)NCC(F)F. The van der Waals surface area contributed by atoms with Crippen LogP contribution < -0.4 is 10.5 Å². The second-order valence-corrected chi connectivity index (χ2v) is 5.22. The molecule has 0 aliphatic carbocycles. The number of hydrogen-bond donors (Lipinski definition) is 2. The van der Waals surface area contributed by atoms with Gasteiger partial charge in [-0.15, -0.1) is 0 Å². The smallest absolute Gasteiger partial charge is 0.251 e. The molecular formula is C10H14F2N2O2S. The minimum atomic E-state index is -3.90. The Balaban J connectivity index is 3.07. The van der Waals surface area contributed by atoms with Crippen LogP contribution in [0.5, 0.6) is 0 Å². The zero-order chi connectivity index (χ0) is 13.1.